The van der Waals surface area contributed by atoms with Crippen molar-refractivity contribution in [3.63, 3.8) is 0 Å². The second-order valence-electron chi connectivity index (χ2n) is 4.90. The Morgan fingerprint density at radius 1 is 1.63 bits per heavy atom. The van der Waals surface area contributed by atoms with Crippen molar-refractivity contribution in [2.24, 2.45) is 0 Å². The molecule has 1 aromatic heterocycles. The summed E-state index contributed by atoms with van der Waals surface area (Å²) in [5.74, 6) is 0.475. The molecule has 6 heteroatoms. The molecule has 0 saturated carbocycles. The van der Waals surface area contributed by atoms with E-state index in [1.54, 1.807) is 12.3 Å². The van der Waals surface area contributed by atoms with Crippen molar-refractivity contribution in [3.05, 3.63) is 22.3 Å². The van der Waals surface area contributed by atoms with E-state index in [1.807, 2.05) is 13.8 Å². The van der Waals surface area contributed by atoms with Gasteiger partial charge in [-0.15, -0.1) is 0 Å². The highest BCUT2D eigenvalue weighted by molar-refractivity contribution is 9.10. The predicted octanol–water partition coefficient (Wildman–Crippen LogP) is 2.18. The first-order chi connectivity index (χ1) is 9.04. The van der Waals surface area contributed by atoms with Crippen molar-refractivity contribution in [1.29, 1.82) is 0 Å². The van der Waals surface area contributed by atoms with Crippen LogP contribution in [-0.4, -0.2) is 36.2 Å². The summed E-state index contributed by atoms with van der Waals surface area (Å²) in [5.41, 5.74) is 0.257. The number of ether oxygens (including phenoxy) is 1. The van der Waals surface area contributed by atoms with Crippen molar-refractivity contribution in [2.45, 2.75) is 25.8 Å². The monoisotopic (exact) mass is 327 g/mol. The number of carbonyl (C=O) groups is 1. The minimum atomic E-state index is -0.289. The van der Waals surface area contributed by atoms with Crippen LogP contribution in [-0.2, 0) is 4.74 Å². The number of hydrogen-bond donors (Lipinski definition) is 2. The average Bonchev–Trinajstić information content (AvgIpc) is 2.78. The zero-order valence-corrected chi connectivity index (χ0v) is 12.7. The molecule has 1 fully saturated rings. The summed E-state index contributed by atoms with van der Waals surface area (Å²) in [6, 6.07) is 1.78. The van der Waals surface area contributed by atoms with Crippen LogP contribution < -0.4 is 10.6 Å². The summed E-state index contributed by atoms with van der Waals surface area (Å²) in [4.78, 5) is 16.6. The summed E-state index contributed by atoms with van der Waals surface area (Å²) < 4.78 is 6.13. The highest BCUT2D eigenvalue weighted by Gasteiger charge is 2.32. The van der Waals surface area contributed by atoms with Gasteiger partial charge in [0.1, 0.15) is 5.82 Å². The van der Waals surface area contributed by atoms with Crippen LogP contribution in [0.4, 0.5) is 5.82 Å². The molecule has 5 nitrogen and oxygen atoms in total. The lowest BCUT2D eigenvalue weighted by Crippen LogP contribution is -2.46. The molecule has 2 heterocycles. The molecular weight excluding hydrogens is 310 g/mol. The summed E-state index contributed by atoms with van der Waals surface area (Å²) in [6.45, 7) is 5.92. The van der Waals surface area contributed by atoms with Crippen molar-refractivity contribution in [2.75, 3.05) is 25.1 Å². The van der Waals surface area contributed by atoms with Crippen LogP contribution in [0.15, 0.2) is 16.7 Å². The van der Waals surface area contributed by atoms with Gasteiger partial charge in [0, 0.05) is 23.8 Å². The van der Waals surface area contributed by atoms with Crippen molar-refractivity contribution in [3.8, 4) is 0 Å². The van der Waals surface area contributed by atoms with Crippen LogP contribution in [0.25, 0.3) is 0 Å². The number of pyridine rings is 1. The number of hydrogen-bond acceptors (Lipinski definition) is 4. The molecular formula is C13H18BrN3O2. The average molecular weight is 328 g/mol. The molecule has 2 rings (SSSR count). The normalized spacial score (nSPS) is 22.3. The van der Waals surface area contributed by atoms with Crippen LogP contribution in [0.2, 0.25) is 0 Å². The second-order valence-corrected chi connectivity index (χ2v) is 5.81. The van der Waals surface area contributed by atoms with Crippen molar-refractivity contribution in [1.82, 2.24) is 10.3 Å². The quantitative estimate of drug-likeness (QED) is 0.889. The smallest absolute Gasteiger partial charge is 0.255 e. The molecule has 1 aliphatic rings. The Balaban J connectivity index is 2.19. The molecule has 1 aromatic rings. The van der Waals surface area contributed by atoms with E-state index in [9.17, 15) is 4.79 Å². The molecule has 0 spiro atoms. The fourth-order valence-electron chi connectivity index (χ4n) is 2.03. The van der Waals surface area contributed by atoms with Gasteiger partial charge in [-0.1, -0.05) is 0 Å². The molecule has 104 valence electrons. The zero-order chi connectivity index (χ0) is 13.9. The van der Waals surface area contributed by atoms with Gasteiger partial charge in [-0.3, -0.25) is 4.79 Å². The van der Waals surface area contributed by atoms with E-state index in [-0.39, 0.29) is 11.4 Å². The molecule has 1 unspecified atom stereocenters. The van der Waals surface area contributed by atoms with E-state index in [0.717, 1.165) is 17.4 Å². The third-order valence-corrected chi connectivity index (χ3v) is 3.51. The number of anilines is 1. The Kier molecular flexibility index (Phi) is 4.42. The molecule has 19 heavy (non-hydrogen) atoms. The first-order valence-electron chi connectivity index (χ1n) is 6.34. The zero-order valence-electron chi connectivity index (χ0n) is 11.1. The van der Waals surface area contributed by atoms with Gasteiger partial charge in [0.2, 0.25) is 0 Å². The fraction of sp³-hybridized carbons (Fsp3) is 0.538. The van der Waals surface area contributed by atoms with Gasteiger partial charge in [-0.05, 0) is 42.3 Å². The molecule has 0 bridgehead atoms. The number of carbonyl (C=O) groups excluding carboxylic acids is 1. The molecule has 0 aromatic carbocycles. The maximum atomic E-state index is 12.4. The van der Waals surface area contributed by atoms with Gasteiger partial charge in [0.15, 0.2) is 0 Å². The van der Waals surface area contributed by atoms with E-state index in [4.69, 9.17) is 4.74 Å². The summed E-state index contributed by atoms with van der Waals surface area (Å²) in [7, 11) is 0. The van der Waals surface area contributed by atoms with Crippen LogP contribution in [0.5, 0.6) is 0 Å². The molecule has 1 saturated heterocycles. The topological polar surface area (TPSA) is 63.2 Å². The number of halogens is 1. The van der Waals surface area contributed by atoms with Gasteiger partial charge in [0.25, 0.3) is 5.91 Å². The van der Waals surface area contributed by atoms with Gasteiger partial charge in [-0.25, -0.2) is 4.98 Å². The SMILES string of the molecule is CCNc1ncc(Br)cc1C(=O)NC1(C)CCOC1. The number of nitrogens with zero attached hydrogens (tertiary/aromatic N) is 1. The van der Waals surface area contributed by atoms with E-state index in [2.05, 4.69) is 31.5 Å². The molecule has 1 amide bonds. The molecule has 1 atom stereocenters. The van der Waals surface area contributed by atoms with Gasteiger partial charge in [0.05, 0.1) is 17.7 Å². The predicted molar refractivity (Wildman–Crippen MR) is 77.4 cm³/mol. The Hall–Kier alpha value is -1.14. The molecule has 0 aliphatic carbocycles. The lowest BCUT2D eigenvalue weighted by molar-refractivity contribution is 0.0890. The largest absolute Gasteiger partial charge is 0.379 e. The molecule has 0 radical (unpaired) electrons. The Bertz CT molecular complexity index is 473. The Morgan fingerprint density at radius 2 is 2.42 bits per heavy atom. The maximum absolute atomic E-state index is 12.4. The molecule has 1 aliphatic heterocycles. The van der Waals surface area contributed by atoms with Crippen LogP contribution in [0.1, 0.15) is 30.6 Å². The maximum Gasteiger partial charge on any atom is 0.255 e. The van der Waals surface area contributed by atoms with E-state index < -0.39 is 0 Å². The van der Waals surface area contributed by atoms with E-state index in [0.29, 0.717) is 24.6 Å². The van der Waals surface area contributed by atoms with Crippen LogP contribution >= 0.6 is 15.9 Å². The standard InChI is InChI=1S/C13H18BrN3O2/c1-3-15-11-10(6-9(14)7-16-11)12(18)17-13(2)4-5-19-8-13/h6-7H,3-5,8H2,1-2H3,(H,15,16)(H,17,18). The summed E-state index contributed by atoms with van der Waals surface area (Å²) >= 11 is 3.35. The van der Waals surface area contributed by atoms with Gasteiger partial charge < -0.3 is 15.4 Å². The first-order valence-corrected chi connectivity index (χ1v) is 7.13. The third kappa shape index (κ3) is 3.45. The third-order valence-electron chi connectivity index (χ3n) is 3.08. The van der Waals surface area contributed by atoms with Crippen molar-refractivity contribution >= 4 is 27.7 Å². The van der Waals surface area contributed by atoms with E-state index in [1.165, 1.54) is 0 Å². The van der Waals surface area contributed by atoms with Crippen molar-refractivity contribution < 1.29 is 9.53 Å². The van der Waals surface area contributed by atoms with Gasteiger partial charge in [-0.2, -0.15) is 0 Å². The highest BCUT2D eigenvalue weighted by Crippen LogP contribution is 2.22. The van der Waals surface area contributed by atoms with E-state index >= 15 is 0 Å². The molecule has 2 N–H and O–H groups in total. The fourth-order valence-corrected chi connectivity index (χ4v) is 2.36. The Labute approximate surface area is 121 Å². The lowest BCUT2D eigenvalue weighted by atomic mass is 10.0. The van der Waals surface area contributed by atoms with Gasteiger partial charge >= 0.3 is 0 Å². The Morgan fingerprint density at radius 3 is 3.05 bits per heavy atom. The summed E-state index contributed by atoms with van der Waals surface area (Å²) in [5, 5.41) is 6.13. The van der Waals surface area contributed by atoms with Crippen LogP contribution in [0.3, 0.4) is 0 Å². The highest BCUT2D eigenvalue weighted by atomic mass is 79.9. The summed E-state index contributed by atoms with van der Waals surface area (Å²) in [6.07, 6.45) is 2.51. The minimum absolute atomic E-state index is 0.127. The number of rotatable bonds is 4. The first kappa shape index (κ1) is 14.3. The number of amides is 1. The lowest BCUT2D eigenvalue weighted by Gasteiger charge is -2.24. The van der Waals surface area contributed by atoms with Crippen LogP contribution in [0, 0.1) is 0 Å². The number of aromatic nitrogens is 1. The second kappa shape index (κ2) is 5.88. The minimum Gasteiger partial charge on any atom is -0.379 e. The number of nitrogens with one attached hydrogen (secondary N) is 2.